The van der Waals surface area contributed by atoms with E-state index in [0.717, 1.165) is 31.0 Å². The minimum atomic E-state index is -4.81. The largest absolute Gasteiger partial charge is 0.453 e. The van der Waals surface area contributed by atoms with Gasteiger partial charge in [0.15, 0.2) is 11.6 Å². The first-order chi connectivity index (χ1) is 24.0. The van der Waals surface area contributed by atoms with Crippen molar-refractivity contribution in [2.24, 2.45) is 0 Å². The van der Waals surface area contributed by atoms with Gasteiger partial charge in [0, 0.05) is 58.2 Å². The Morgan fingerprint density at radius 1 is 1.04 bits per heavy atom. The van der Waals surface area contributed by atoms with E-state index < -0.39 is 23.7 Å². The number of morpholine rings is 1. The molecule has 0 bridgehead atoms. The van der Waals surface area contributed by atoms with E-state index in [4.69, 9.17) is 4.74 Å². The fourth-order valence-electron chi connectivity index (χ4n) is 5.84. The highest BCUT2D eigenvalue weighted by atomic mass is 19.4. The molecule has 0 saturated carbocycles. The Balaban J connectivity index is 1.25. The second kappa shape index (κ2) is 14.5. The number of ether oxygens (including phenoxy) is 2. The third-order valence-electron chi connectivity index (χ3n) is 8.34. The number of fused-ring (bicyclic) bond motifs is 1. The Labute approximate surface area is 284 Å². The number of piperazine rings is 1. The van der Waals surface area contributed by atoms with Crippen LogP contribution in [0.15, 0.2) is 61.4 Å². The van der Waals surface area contributed by atoms with Crippen LogP contribution >= 0.6 is 0 Å². The Bertz CT molecular complexity index is 1920. The molecule has 0 atom stereocenters. The van der Waals surface area contributed by atoms with Crippen molar-refractivity contribution in [3.63, 3.8) is 0 Å². The molecule has 2 saturated heterocycles. The topological polar surface area (TPSA) is 147 Å². The second-order valence-electron chi connectivity index (χ2n) is 11.6. The molecule has 0 unspecified atom stereocenters. The zero-order chi connectivity index (χ0) is 35.4. The van der Waals surface area contributed by atoms with Crippen molar-refractivity contribution in [3.8, 4) is 11.4 Å². The summed E-state index contributed by atoms with van der Waals surface area (Å²) in [4.78, 5) is 51.3. The van der Waals surface area contributed by atoms with Gasteiger partial charge in [-0.05, 0) is 35.9 Å². The summed E-state index contributed by atoms with van der Waals surface area (Å²) in [7, 11) is 1.09. The summed E-state index contributed by atoms with van der Waals surface area (Å²) in [5.41, 5.74) is 0.841. The van der Waals surface area contributed by atoms with Gasteiger partial charge in [0.25, 0.3) is 5.91 Å². The number of halogens is 3. The molecule has 17 heteroatoms. The number of amides is 3. The van der Waals surface area contributed by atoms with E-state index in [1.807, 2.05) is 11.0 Å². The number of nitrogens with zero attached hydrogens (tertiary/aromatic N) is 7. The van der Waals surface area contributed by atoms with Gasteiger partial charge in [-0.1, -0.05) is 18.7 Å². The predicted molar refractivity (Wildman–Crippen MR) is 177 cm³/mol. The van der Waals surface area contributed by atoms with Crippen molar-refractivity contribution < 1.29 is 37.0 Å². The summed E-state index contributed by atoms with van der Waals surface area (Å²) < 4.78 is 54.5. The minimum absolute atomic E-state index is 0.192. The van der Waals surface area contributed by atoms with Crippen LogP contribution < -0.4 is 15.5 Å². The van der Waals surface area contributed by atoms with Crippen LogP contribution in [0.5, 0.6) is 0 Å². The molecule has 2 aliphatic heterocycles. The van der Waals surface area contributed by atoms with E-state index in [9.17, 15) is 27.6 Å². The number of para-hydroxylation sites is 1. The zero-order valence-corrected chi connectivity index (χ0v) is 27.1. The fraction of sp³-hybridized carbons (Fsp3) is 0.333. The molecule has 4 aromatic rings. The van der Waals surface area contributed by atoms with E-state index in [0.29, 0.717) is 81.6 Å². The molecule has 0 aliphatic carbocycles. The molecule has 1 aromatic carbocycles. The summed E-state index contributed by atoms with van der Waals surface area (Å²) in [5.74, 6) is -0.684. The van der Waals surface area contributed by atoms with Crippen LogP contribution in [-0.4, -0.2) is 107 Å². The first-order valence-electron chi connectivity index (χ1n) is 15.7. The number of carbonyl (C=O) groups is 3. The predicted octanol–water partition coefficient (Wildman–Crippen LogP) is 3.91. The number of hydrogen-bond acceptors (Lipinski definition) is 10. The third-order valence-corrected chi connectivity index (χ3v) is 8.34. The normalized spacial score (nSPS) is 15.5. The maximum atomic E-state index is 14.3. The number of anilines is 3. The molecule has 14 nitrogen and oxygen atoms in total. The summed E-state index contributed by atoms with van der Waals surface area (Å²) in [6.45, 7) is 7.82. The molecule has 50 heavy (non-hydrogen) atoms. The quantitative estimate of drug-likeness (QED) is 0.261. The van der Waals surface area contributed by atoms with Crippen LogP contribution in [0.1, 0.15) is 21.5 Å². The molecular formula is C33H34F3N9O5. The number of rotatable bonds is 8. The lowest BCUT2D eigenvalue weighted by atomic mass is 10.1. The number of hydrogen-bond donors (Lipinski definition) is 2. The van der Waals surface area contributed by atoms with Gasteiger partial charge in [-0.15, -0.1) is 5.10 Å². The first kappa shape index (κ1) is 34.3. The van der Waals surface area contributed by atoms with Crippen molar-refractivity contribution in [3.05, 3.63) is 78.1 Å². The Morgan fingerprint density at radius 3 is 2.48 bits per heavy atom. The molecule has 6 rings (SSSR count). The fourth-order valence-corrected chi connectivity index (χ4v) is 5.84. The van der Waals surface area contributed by atoms with Gasteiger partial charge >= 0.3 is 12.3 Å². The van der Waals surface area contributed by atoms with E-state index >= 15 is 0 Å². The van der Waals surface area contributed by atoms with Crippen LogP contribution in [0.25, 0.3) is 16.9 Å². The average molecular weight is 694 g/mol. The molecule has 2 aliphatic rings. The molecule has 262 valence electrons. The summed E-state index contributed by atoms with van der Waals surface area (Å²) >= 11 is 0. The lowest BCUT2D eigenvalue weighted by Gasteiger charge is -2.34. The third kappa shape index (κ3) is 7.52. The number of nitrogens with one attached hydrogen (secondary N) is 2. The van der Waals surface area contributed by atoms with Crippen molar-refractivity contribution in [1.29, 1.82) is 0 Å². The summed E-state index contributed by atoms with van der Waals surface area (Å²) in [5, 5.41) is 9.33. The smallest absolute Gasteiger partial charge is 0.417 e. The molecule has 2 N–H and O–H groups in total. The molecular weight excluding hydrogens is 659 g/mol. The SMILES string of the molecule is C=CC(=O)Nc1ccccc1C(=O)N1CCN(Cc2cc3c(N4CCOCC4)nc(-c4cnc(NC(=O)OC)cc4C(F)(F)F)nn3c2)CC1. The van der Waals surface area contributed by atoms with E-state index in [1.165, 1.54) is 4.52 Å². The molecule has 0 radical (unpaired) electrons. The second-order valence-corrected chi connectivity index (χ2v) is 11.6. The van der Waals surface area contributed by atoms with Crippen LogP contribution in [0.3, 0.4) is 0 Å². The molecule has 3 amide bonds. The molecule has 5 heterocycles. The van der Waals surface area contributed by atoms with Crippen LogP contribution in [0, 0.1) is 0 Å². The van der Waals surface area contributed by atoms with Gasteiger partial charge in [0.05, 0.1) is 42.7 Å². The van der Waals surface area contributed by atoms with Gasteiger partial charge < -0.3 is 24.6 Å². The minimum Gasteiger partial charge on any atom is -0.453 e. The number of alkyl halides is 3. The number of methoxy groups -OCH3 is 1. The van der Waals surface area contributed by atoms with Crippen molar-refractivity contribution in [2.75, 3.05) is 75.1 Å². The van der Waals surface area contributed by atoms with Crippen molar-refractivity contribution in [2.45, 2.75) is 12.7 Å². The Morgan fingerprint density at radius 2 is 1.78 bits per heavy atom. The highest BCUT2D eigenvalue weighted by molar-refractivity contribution is 6.06. The van der Waals surface area contributed by atoms with Gasteiger partial charge in [0.1, 0.15) is 11.3 Å². The number of pyridine rings is 1. The number of aromatic nitrogens is 4. The lowest BCUT2D eigenvalue weighted by molar-refractivity contribution is -0.137. The van der Waals surface area contributed by atoms with Gasteiger partial charge in [0.2, 0.25) is 5.91 Å². The standard InChI is InChI=1S/C33H34F3N9O5/c1-3-28(46)38-25-7-5-4-6-22(25)31(47)44-10-8-42(9-11-44)19-21-16-26-30(43-12-14-50-15-13-43)40-29(41-45(26)20-21)23-18-37-27(39-32(48)49-2)17-24(23)33(34,35)36/h3-7,16-18,20H,1,8-15,19H2,2H3,(H,38,46)(H,37,39,48). The van der Waals surface area contributed by atoms with Gasteiger partial charge in [-0.2, -0.15) is 13.2 Å². The molecule has 0 spiro atoms. The lowest BCUT2D eigenvalue weighted by Crippen LogP contribution is -2.48. The van der Waals surface area contributed by atoms with Crippen LogP contribution in [0.2, 0.25) is 0 Å². The van der Waals surface area contributed by atoms with Crippen molar-refractivity contribution in [1.82, 2.24) is 29.4 Å². The zero-order valence-electron chi connectivity index (χ0n) is 27.1. The monoisotopic (exact) mass is 693 g/mol. The maximum absolute atomic E-state index is 14.3. The summed E-state index contributed by atoms with van der Waals surface area (Å²) in [6.07, 6.45) is -1.89. The average Bonchev–Trinajstić information content (AvgIpc) is 3.53. The highest BCUT2D eigenvalue weighted by Gasteiger charge is 2.36. The van der Waals surface area contributed by atoms with Crippen molar-refractivity contribution >= 4 is 40.7 Å². The van der Waals surface area contributed by atoms with E-state index in [-0.39, 0.29) is 23.1 Å². The highest BCUT2D eigenvalue weighted by Crippen LogP contribution is 2.38. The number of carbonyl (C=O) groups excluding carboxylic acids is 3. The first-order valence-corrected chi connectivity index (χ1v) is 15.7. The van der Waals surface area contributed by atoms with E-state index in [1.54, 1.807) is 35.4 Å². The number of benzene rings is 1. The summed E-state index contributed by atoms with van der Waals surface area (Å²) in [6, 6.07) is 9.44. The Kier molecular flexibility index (Phi) is 9.96. The van der Waals surface area contributed by atoms with Crippen LogP contribution in [-0.2, 0) is 27.0 Å². The van der Waals surface area contributed by atoms with Gasteiger partial charge in [-0.3, -0.25) is 19.8 Å². The maximum Gasteiger partial charge on any atom is 0.417 e. The Hall–Kier alpha value is -5.55. The van der Waals surface area contributed by atoms with E-state index in [2.05, 4.69) is 41.9 Å². The molecule has 3 aromatic heterocycles. The van der Waals surface area contributed by atoms with Crippen LogP contribution in [0.4, 0.5) is 35.3 Å². The van der Waals surface area contributed by atoms with Gasteiger partial charge in [-0.25, -0.2) is 19.3 Å². The molecule has 2 fully saturated rings.